The Morgan fingerprint density at radius 2 is 1.61 bits per heavy atom. The van der Waals surface area contributed by atoms with Crippen LogP contribution in [0.25, 0.3) is 6.08 Å². The van der Waals surface area contributed by atoms with E-state index in [1.165, 1.54) is 26.4 Å². The Morgan fingerprint density at radius 1 is 0.921 bits per heavy atom. The van der Waals surface area contributed by atoms with Gasteiger partial charge in [0.2, 0.25) is 11.5 Å². The Bertz CT molecular complexity index is 1430. The monoisotopic (exact) mass is 523 g/mol. The molecule has 0 amide bonds. The molecule has 3 aromatic rings. The third kappa shape index (κ3) is 3.58. The minimum Gasteiger partial charge on any atom is -0.463 e. The molecule has 8 heteroatoms. The van der Waals surface area contributed by atoms with Crippen molar-refractivity contribution in [3.8, 4) is 5.75 Å². The molecule has 0 radical (unpaired) electrons. The van der Waals surface area contributed by atoms with Gasteiger partial charge in [0.25, 0.3) is 5.79 Å². The molecule has 1 unspecified atom stereocenters. The number of hydrogen-bond donors (Lipinski definition) is 0. The molecule has 38 heavy (non-hydrogen) atoms. The van der Waals surface area contributed by atoms with Crippen LogP contribution in [0.4, 0.5) is 18.9 Å². The lowest BCUT2D eigenvalue weighted by atomic mass is 9.76. The van der Waals surface area contributed by atoms with E-state index in [0.717, 1.165) is 6.07 Å². The van der Waals surface area contributed by atoms with E-state index in [9.17, 15) is 18.0 Å². The number of fused-ring (bicyclic) bond motifs is 2. The summed E-state index contributed by atoms with van der Waals surface area (Å²) < 4.78 is 58.2. The summed E-state index contributed by atoms with van der Waals surface area (Å²) >= 11 is 0. The summed E-state index contributed by atoms with van der Waals surface area (Å²) in [4.78, 5) is 15.5. The van der Waals surface area contributed by atoms with E-state index in [0.29, 0.717) is 33.7 Å². The molecule has 0 fully saturated rings. The van der Waals surface area contributed by atoms with E-state index in [1.54, 1.807) is 49.5 Å². The number of likely N-dealkylation sites (N-methyl/N-ethyl adjacent to an activating group) is 1. The smallest absolute Gasteiger partial charge is 0.416 e. The molecule has 0 N–H and O–H groups in total. The summed E-state index contributed by atoms with van der Waals surface area (Å²) in [5.41, 5.74) is 0.198. The van der Waals surface area contributed by atoms with Gasteiger partial charge in [0, 0.05) is 43.6 Å². The highest BCUT2D eigenvalue weighted by Crippen LogP contribution is 2.55. The Morgan fingerprint density at radius 3 is 2.24 bits per heavy atom. The van der Waals surface area contributed by atoms with Crippen LogP contribution in [0.1, 0.15) is 46.5 Å². The first kappa shape index (κ1) is 26.0. The number of benzene rings is 3. The minimum absolute atomic E-state index is 0.359. The Kier molecular flexibility index (Phi) is 5.96. The molecule has 0 aliphatic carbocycles. The van der Waals surface area contributed by atoms with Gasteiger partial charge in [-0.3, -0.25) is 4.79 Å². The summed E-state index contributed by atoms with van der Waals surface area (Å²) in [6.07, 6.45) is -0.764. The molecule has 198 valence electrons. The van der Waals surface area contributed by atoms with Gasteiger partial charge in [0.15, 0.2) is 0 Å². The number of nitrogens with zero attached hydrogens (tertiary/aromatic N) is 1. The van der Waals surface area contributed by atoms with Crippen molar-refractivity contribution >= 4 is 17.5 Å². The topological polar surface area (TPSA) is 48.0 Å². The van der Waals surface area contributed by atoms with Crippen molar-refractivity contribution < 1.29 is 32.2 Å². The summed E-state index contributed by atoms with van der Waals surface area (Å²) in [5, 5.41) is 0. The molecule has 5 rings (SSSR count). The summed E-state index contributed by atoms with van der Waals surface area (Å²) in [5.74, 6) is -1.50. The molecule has 5 nitrogen and oxygen atoms in total. The van der Waals surface area contributed by atoms with Crippen LogP contribution in [0.5, 0.6) is 5.75 Å². The molecule has 2 aliphatic heterocycles. The van der Waals surface area contributed by atoms with Crippen molar-refractivity contribution in [3.63, 3.8) is 0 Å². The predicted octanol–water partition coefficient (Wildman–Crippen LogP) is 6.56. The molecule has 0 bridgehead atoms. The normalized spacial score (nSPS) is 19.7. The number of alkyl halides is 3. The Hall–Kier alpha value is -3.62. The molecule has 0 saturated carbocycles. The van der Waals surface area contributed by atoms with Gasteiger partial charge in [0.05, 0.1) is 11.0 Å². The molecular weight excluding hydrogens is 495 g/mol. The number of halogens is 3. The first-order valence-electron chi connectivity index (χ1n) is 12.1. The maximum atomic E-state index is 13.7. The first-order chi connectivity index (χ1) is 17.9. The predicted molar refractivity (Wildman–Crippen MR) is 138 cm³/mol. The van der Waals surface area contributed by atoms with Crippen molar-refractivity contribution in [2.75, 3.05) is 26.2 Å². The van der Waals surface area contributed by atoms with E-state index < -0.39 is 28.7 Å². The average Bonchev–Trinajstić information content (AvgIpc) is 3.07. The van der Waals surface area contributed by atoms with E-state index in [1.807, 2.05) is 37.0 Å². The molecule has 2 aliphatic rings. The second kappa shape index (κ2) is 8.71. The summed E-state index contributed by atoms with van der Waals surface area (Å²) in [7, 11) is 4.64. The molecule has 0 aromatic heterocycles. The lowest BCUT2D eigenvalue weighted by molar-refractivity contribution is -0.176. The number of carbonyl (C=O) groups is 1. The van der Waals surface area contributed by atoms with Gasteiger partial charge in [-0.1, -0.05) is 30.3 Å². The van der Waals surface area contributed by atoms with Crippen molar-refractivity contribution in [3.05, 3.63) is 101 Å². The maximum absolute atomic E-state index is 13.7. The zero-order valence-electron chi connectivity index (χ0n) is 21.7. The highest BCUT2D eigenvalue weighted by atomic mass is 19.4. The molecular formula is C30H28F3NO4. The van der Waals surface area contributed by atoms with Crippen LogP contribution >= 0.6 is 0 Å². The van der Waals surface area contributed by atoms with Gasteiger partial charge in [-0.05, 0) is 68.0 Å². The number of hydrogen-bond acceptors (Lipinski definition) is 5. The quantitative estimate of drug-likeness (QED) is 0.280. The number of methoxy groups -OCH3 is 2. The maximum Gasteiger partial charge on any atom is 0.416 e. The fourth-order valence-electron chi connectivity index (χ4n) is 5.61. The zero-order chi connectivity index (χ0) is 27.5. The first-order valence-corrected chi connectivity index (χ1v) is 12.1. The van der Waals surface area contributed by atoms with E-state index in [4.69, 9.17) is 14.2 Å². The van der Waals surface area contributed by atoms with E-state index in [2.05, 4.69) is 0 Å². The number of carbonyl (C=O) groups excluding carboxylic acids is 1. The SMILES string of the molecule is COC(OC)(C(=O)c1ccc2c(c1)C=CC1(O2)N(C)c2ccc(C(F)(F)F)cc2C1(C)C)c1ccccc1. The van der Waals surface area contributed by atoms with Crippen LogP contribution in [0.2, 0.25) is 0 Å². The number of rotatable bonds is 5. The average molecular weight is 524 g/mol. The lowest BCUT2D eigenvalue weighted by Crippen LogP contribution is -2.58. The van der Waals surface area contributed by atoms with Crippen molar-refractivity contribution in [2.24, 2.45) is 0 Å². The third-order valence-corrected chi connectivity index (χ3v) is 7.81. The lowest BCUT2D eigenvalue weighted by Gasteiger charge is -2.45. The third-order valence-electron chi connectivity index (χ3n) is 7.81. The molecule has 1 atom stereocenters. The number of ether oxygens (including phenoxy) is 3. The molecule has 3 aromatic carbocycles. The van der Waals surface area contributed by atoms with Gasteiger partial charge in [0.1, 0.15) is 5.75 Å². The summed E-state index contributed by atoms with van der Waals surface area (Å²) in [6, 6.07) is 17.8. The van der Waals surface area contributed by atoms with Gasteiger partial charge in [-0.15, -0.1) is 0 Å². The van der Waals surface area contributed by atoms with Gasteiger partial charge < -0.3 is 19.1 Å². The number of ketones is 1. The minimum atomic E-state index is -4.45. The van der Waals surface area contributed by atoms with Crippen molar-refractivity contribution in [2.45, 2.75) is 37.0 Å². The fourth-order valence-corrected chi connectivity index (χ4v) is 5.61. The summed E-state index contributed by atoms with van der Waals surface area (Å²) in [6.45, 7) is 3.74. The molecule has 1 spiro atoms. The Balaban J connectivity index is 1.52. The van der Waals surface area contributed by atoms with Gasteiger partial charge in [-0.2, -0.15) is 13.2 Å². The number of Topliss-reactive ketones (excluding diaryl/α,β-unsaturated/α-hetero) is 1. The van der Waals surface area contributed by atoms with Crippen LogP contribution in [-0.2, 0) is 26.9 Å². The fraction of sp³-hybridized carbons (Fsp3) is 0.300. The van der Waals surface area contributed by atoms with Crippen LogP contribution in [0.15, 0.2) is 72.8 Å². The molecule has 0 saturated heterocycles. The van der Waals surface area contributed by atoms with Crippen molar-refractivity contribution in [1.29, 1.82) is 0 Å². The van der Waals surface area contributed by atoms with Gasteiger partial charge >= 0.3 is 6.18 Å². The van der Waals surface area contributed by atoms with Crippen molar-refractivity contribution in [1.82, 2.24) is 0 Å². The van der Waals surface area contributed by atoms with Gasteiger partial charge in [-0.25, -0.2) is 0 Å². The van der Waals surface area contributed by atoms with Crippen LogP contribution < -0.4 is 9.64 Å². The second-order valence-electron chi connectivity index (χ2n) is 10.0. The number of anilines is 1. The van der Waals surface area contributed by atoms with E-state index >= 15 is 0 Å². The standard InChI is InChI=1S/C30H28F3NO4/c1-27(2)23-18-22(30(31,32)33)12-13-24(23)34(3)28(27)16-15-19-17-20(11-14-25(19)38-28)26(35)29(36-4,37-5)21-9-7-6-8-10-21/h6-18H,1-5H3. The Labute approximate surface area is 219 Å². The highest BCUT2D eigenvalue weighted by molar-refractivity contribution is 6.02. The highest BCUT2D eigenvalue weighted by Gasteiger charge is 2.58. The zero-order valence-corrected chi connectivity index (χ0v) is 21.7. The van der Waals surface area contributed by atoms with Crippen LogP contribution in [-0.4, -0.2) is 32.8 Å². The van der Waals surface area contributed by atoms with E-state index in [-0.39, 0.29) is 5.78 Å². The molecule has 2 heterocycles. The van der Waals surface area contributed by atoms with Crippen LogP contribution in [0, 0.1) is 0 Å². The second-order valence-corrected chi connectivity index (χ2v) is 10.0. The largest absolute Gasteiger partial charge is 0.463 e. The van der Waals surface area contributed by atoms with Crippen LogP contribution in [0.3, 0.4) is 0 Å².